The van der Waals surface area contributed by atoms with Crippen LogP contribution in [0.4, 0.5) is 13.6 Å². The maximum atomic E-state index is 14.6. The minimum atomic E-state index is -3.25. The Kier molecular flexibility index (Phi) is 14.6. The summed E-state index contributed by atoms with van der Waals surface area (Å²) in [6.07, 6.45) is 6.80. The molecule has 2 atom stereocenters. The minimum absolute atomic E-state index is 0.0617. The Morgan fingerprint density at radius 2 is 1.68 bits per heavy atom. The van der Waals surface area contributed by atoms with Crippen LogP contribution in [0.1, 0.15) is 100 Å². The zero-order chi connectivity index (χ0) is 42.1. The molecule has 0 unspecified atom stereocenters. The number of alkyl halides is 2. The van der Waals surface area contributed by atoms with E-state index in [0.29, 0.717) is 30.0 Å². The smallest absolute Gasteiger partial charge is 0.409 e. The number of fused-ring (bicyclic) bond motifs is 1. The number of unbranched alkanes of at least 4 members (excludes halogenated alkanes) is 1. The maximum Gasteiger partial charge on any atom is 0.409 e. The molecular weight excluding hydrogens is 770 g/mol. The number of nitrogens with one attached hydrogen (secondary N) is 2. The van der Waals surface area contributed by atoms with E-state index >= 15 is 0 Å². The molecule has 1 aromatic heterocycles. The predicted molar refractivity (Wildman–Crippen MR) is 211 cm³/mol. The van der Waals surface area contributed by atoms with Crippen molar-refractivity contribution in [1.29, 1.82) is 0 Å². The normalized spacial score (nSPS) is 19.9. The Hall–Kier alpha value is -5.09. The van der Waals surface area contributed by atoms with E-state index in [1.54, 1.807) is 18.2 Å². The Morgan fingerprint density at radius 3 is 2.37 bits per heavy atom. The molecule has 2 aromatic rings. The van der Waals surface area contributed by atoms with Crippen molar-refractivity contribution in [3.8, 4) is 5.75 Å². The topological polar surface area (TPSA) is 177 Å². The van der Waals surface area contributed by atoms with Crippen molar-refractivity contribution in [2.75, 3.05) is 52.5 Å². The SMILES string of the molecule is CCCCOC(=O)N1CCN(C(=O)[C@H](CCC(=O)OCC2CCCC2)NC(=O)c2cc(OCC(=O)N3CC(F)(F)C[C@H]3C(=O)NC3CCC3)c3ccc(C)cc3n2)CC1. The van der Waals surface area contributed by atoms with Crippen LogP contribution in [0.15, 0.2) is 24.3 Å². The number of hydrogen-bond donors (Lipinski definition) is 2. The number of esters is 1. The summed E-state index contributed by atoms with van der Waals surface area (Å²) in [5, 5.41) is 5.96. The Morgan fingerprint density at radius 1 is 0.949 bits per heavy atom. The number of ether oxygens (including phenoxy) is 3. The summed E-state index contributed by atoms with van der Waals surface area (Å²) < 4.78 is 46.0. The number of aryl methyl sites for hydroxylation is 1. The van der Waals surface area contributed by atoms with Gasteiger partial charge in [-0.3, -0.25) is 24.0 Å². The molecular formula is C42H56F2N6O9. The van der Waals surface area contributed by atoms with E-state index in [4.69, 9.17) is 14.2 Å². The van der Waals surface area contributed by atoms with Crippen LogP contribution >= 0.6 is 0 Å². The van der Waals surface area contributed by atoms with Gasteiger partial charge in [-0.2, -0.15) is 0 Å². The van der Waals surface area contributed by atoms with Crippen molar-refractivity contribution in [2.24, 2.45) is 5.92 Å². The highest BCUT2D eigenvalue weighted by atomic mass is 19.3. The quantitative estimate of drug-likeness (QED) is 0.181. The van der Waals surface area contributed by atoms with Gasteiger partial charge in [0.2, 0.25) is 11.8 Å². The summed E-state index contributed by atoms with van der Waals surface area (Å²) in [5.41, 5.74) is 0.991. The number of rotatable bonds is 16. The van der Waals surface area contributed by atoms with Crippen molar-refractivity contribution in [3.05, 3.63) is 35.5 Å². The highest BCUT2D eigenvalue weighted by molar-refractivity contribution is 5.99. The summed E-state index contributed by atoms with van der Waals surface area (Å²) in [7, 11) is 0. The molecule has 3 heterocycles. The van der Waals surface area contributed by atoms with E-state index in [1.165, 1.54) is 15.9 Å². The van der Waals surface area contributed by atoms with E-state index in [9.17, 15) is 37.5 Å². The van der Waals surface area contributed by atoms with Gasteiger partial charge in [-0.25, -0.2) is 18.6 Å². The van der Waals surface area contributed by atoms with E-state index in [1.807, 2.05) is 13.8 Å². The molecule has 1 aromatic carbocycles. The summed E-state index contributed by atoms with van der Waals surface area (Å²) in [6, 6.07) is 3.88. The van der Waals surface area contributed by atoms with Crippen molar-refractivity contribution in [2.45, 2.75) is 115 Å². The van der Waals surface area contributed by atoms with Gasteiger partial charge in [0.1, 0.15) is 23.5 Å². The van der Waals surface area contributed by atoms with E-state index in [-0.39, 0.29) is 56.5 Å². The van der Waals surface area contributed by atoms with Crippen LogP contribution in [0.3, 0.4) is 0 Å². The molecule has 6 rings (SSSR count). The lowest BCUT2D eigenvalue weighted by Crippen LogP contribution is -2.56. The van der Waals surface area contributed by atoms with Gasteiger partial charge >= 0.3 is 12.1 Å². The third kappa shape index (κ3) is 11.6. The molecule has 322 valence electrons. The molecule has 5 amide bonds. The molecule has 17 heteroatoms. The largest absolute Gasteiger partial charge is 0.483 e. The molecule has 15 nitrogen and oxygen atoms in total. The van der Waals surface area contributed by atoms with E-state index in [0.717, 1.165) is 68.3 Å². The van der Waals surface area contributed by atoms with E-state index < -0.39 is 73.3 Å². The summed E-state index contributed by atoms with van der Waals surface area (Å²) in [6.45, 7) is 3.64. The number of halogens is 2. The standard InChI is InChI=1S/C42H56F2N6O9/c1-3-4-20-57-41(56)49-18-16-48(17-19-49)40(55)31(14-15-37(52)59-24-28-8-5-6-9-28)47-38(53)33-22-35(30-13-12-27(2)21-32(30)46-33)58-25-36(51)50-26-42(43,44)23-34(50)39(54)45-29-10-7-11-29/h12-13,21-22,28-29,31,34H,3-11,14-20,23-26H2,1-2H3,(H,45,54)(H,47,53)/t31-,34-/m0/s1. The highest BCUT2D eigenvalue weighted by Gasteiger charge is 2.50. The number of likely N-dealkylation sites (tertiary alicyclic amines) is 1. The molecule has 0 radical (unpaired) electrons. The molecule has 59 heavy (non-hydrogen) atoms. The zero-order valence-corrected chi connectivity index (χ0v) is 34.0. The van der Waals surface area contributed by atoms with Crippen molar-refractivity contribution in [3.63, 3.8) is 0 Å². The van der Waals surface area contributed by atoms with Crippen LogP contribution in [-0.4, -0.2) is 132 Å². The van der Waals surface area contributed by atoms with Crippen LogP contribution in [0.5, 0.6) is 5.75 Å². The van der Waals surface area contributed by atoms with Gasteiger partial charge in [0.25, 0.3) is 17.7 Å². The fraction of sp³-hybridized carbons (Fsp3) is 0.643. The molecule has 4 aliphatic rings. The molecule has 2 saturated heterocycles. The molecule has 2 aliphatic carbocycles. The van der Waals surface area contributed by atoms with Crippen LogP contribution in [0, 0.1) is 12.8 Å². The average Bonchev–Trinajstić information content (AvgIpc) is 3.85. The van der Waals surface area contributed by atoms with Gasteiger partial charge in [0, 0.05) is 56.5 Å². The van der Waals surface area contributed by atoms with Crippen LogP contribution in [0.25, 0.3) is 10.9 Å². The number of aromatic nitrogens is 1. The van der Waals surface area contributed by atoms with Gasteiger partial charge in [-0.1, -0.05) is 32.3 Å². The van der Waals surface area contributed by atoms with Gasteiger partial charge in [-0.05, 0) is 75.5 Å². The average molecular weight is 827 g/mol. The Balaban J connectivity index is 1.16. The van der Waals surface area contributed by atoms with Gasteiger partial charge in [0.15, 0.2) is 6.61 Å². The summed E-state index contributed by atoms with van der Waals surface area (Å²) in [4.78, 5) is 88.2. The third-order valence-electron chi connectivity index (χ3n) is 11.6. The lowest BCUT2D eigenvalue weighted by molar-refractivity contribution is -0.145. The molecule has 2 N–H and O–H groups in total. The fourth-order valence-corrected chi connectivity index (χ4v) is 7.86. The second-order valence-electron chi connectivity index (χ2n) is 16.2. The van der Waals surface area contributed by atoms with Crippen LogP contribution in [0.2, 0.25) is 0 Å². The lowest BCUT2D eigenvalue weighted by Gasteiger charge is -2.36. The first-order valence-corrected chi connectivity index (χ1v) is 21.0. The van der Waals surface area contributed by atoms with Crippen LogP contribution in [-0.2, 0) is 28.7 Å². The van der Waals surface area contributed by atoms with Crippen molar-refractivity contribution >= 4 is 46.6 Å². The number of carbonyl (C=O) groups is 6. The second kappa shape index (κ2) is 19.8. The first-order chi connectivity index (χ1) is 28.3. The number of benzene rings is 1. The minimum Gasteiger partial charge on any atom is -0.483 e. The monoisotopic (exact) mass is 826 g/mol. The number of piperazine rings is 1. The predicted octanol–water partition coefficient (Wildman–Crippen LogP) is 4.52. The number of pyridine rings is 1. The Bertz CT molecular complexity index is 1860. The number of carbonyl (C=O) groups excluding carboxylic acids is 6. The lowest BCUT2D eigenvalue weighted by atomic mass is 9.93. The second-order valence-corrected chi connectivity index (χ2v) is 16.2. The number of amides is 5. The molecule has 0 bridgehead atoms. The van der Waals surface area contributed by atoms with Gasteiger partial charge in [-0.15, -0.1) is 0 Å². The highest BCUT2D eigenvalue weighted by Crippen LogP contribution is 2.34. The fourth-order valence-electron chi connectivity index (χ4n) is 7.86. The van der Waals surface area contributed by atoms with Gasteiger partial charge < -0.3 is 39.5 Å². The summed E-state index contributed by atoms with van der Waals surface area (Å²) >= 11 is 0. The van der Waals surface area contributed by atoms with Gasteiger partial charge in [0.05, 0.1) is 25.3 Å². The molecule has 2 aliphatic heterocycles. The first kappa shape index (κ1) is 43.5. The molecule has 0 spiro atoms. The first-order valence-electron chi connectivity index (χ1n) is 21.0. The van der Waals surface area contributed by atoms with Crippen molar-refractivity contribution in [1.82, 2.24) is 30.3 Å². The maximum absolute atomic E-state index is 14.6. The molecule has 4 fully saturated rings. The van der Waals surface area contributed by atoms with E-state index in [2.05, 4.69) is 15.6 Å². The Labute approximate surface area is 342 Å². The third-order valence-corrected chi connectivity index (χ3v) is 11.6. The number of hydrogen-bond acceptors (Lipinski definition) is 10. The molecule has 2 saturated carbocycles. The number of nitrogens with zero attached hydrogens (tertiary/aromatic N) is 4. The van der Waals surface area contributed by atoms with Crippen molar-refractivity contribution < 1.29 is 51.8 Å². The zero-order valence-electron chi connectivity index (χ0n) is 34.0. The van der Waals surface area contributed by atoms with Crippen LogP contribution < -0.4 is 15.4 Å². The summed E-state index contributed by atoms with van der Waals surface area (Å²) in [5.74, 6) is -6.01.